The second-order valence-electron chi connectivity index (χ2n) is 6.62. The number of alkyl halides is 3. The van der Waals surface area contributed by atoms with Crippen molar-refractivity contribution in [3.8, 4) is 0 Å². The Morgan fingerprint density at radius 3 is 2.26 bits per heavy atom. The van der Waals surface area contributed by atoms with Crippen molar-refractivity contribution in [3.63, 3.8) is 0 Å². The Morgan fingerprint density at radius 2 is 1.70 bits per heavy atom. The molecule has 1 heterocycles. The molecule has 1 saturated heterocycles. The number of carbonyl (C=O) groups excluding carboxylic acids is 3. The van der Waals surface area contributed by atoms with Crippen molar-refractivity contribution in [1.29, 1.82) is 0 Å². The Kier molecular flexibility index (Phi) is 4.83. The van der Waals surface area contributed by atoms with Gasteiger partial charge in [-0.15, -0.1) is 0 Å². The second kappa shape index (κ2) is 6.82. The van der Waals surface area contributed by atoms with Crippen molar-refractivity contribution < 1.29 is 31.9 Å². The predicted octanol–water partition coefficient (Wildman–Crippen LogP) is 2.84. The molecule has 10 heteroatoms. The first-order chi connectivity index (χ1) is 12.7. The van der Waals surface area contributed by atoms with E-state index in [1.165, 1.54) is 0 Å². The normalized spacial score (nSPS) is 24.1. The third kappa shape index (κ3) is 3.35. The summed E-state index contributed by atoms with van der Waals surface area (Å²) in [6, 6.07) is 2.46. The lowest BCUT2D eigenvalue weighted by atomic mass is 9.88. The topological polar surface area (TPSA) is 78.5 Å². The molecule has 1 aliphatic heterocycles. The van der Waals surface area contributed by atoms with Gasteiger partial charge in [0, 0.05) is 5.92 Å². The number of halogens is 4. The summed E-state index contributed by atoms with van der Waals surface area (Å²) in [7, 11) is 0. The van der Waals surface area contributed by atoms with E-state index in [4.69, 9.17) is 0 Å². The summed E-state index contributed by atoms with van der Waals surface area (Å²) in [6.45, 7) is 0. The van der Waals surface area contributed by atoms with E-state index in [-0.39, 0.29) is 10.6 Å². The second-order valence-corrected chi connectivity index (χ2v) is 6.62. The maximum atomic E-state index is 13.8. The van der Waals surface area contributed by atoms with E-state index >= 15 is 0 Å². The van der Waals surface area contributed by atoms with Crippen molar-refractivity contribution in [2.45, 2.75) is 43.9 Å². The number of nitrogens with zero attached hydrogens (tertiary/aromatic N) is 1. The largest absolute Gasteiger partial charge is 0.440 e. The van der Waals surface area contributed by atoms with Crippen molar-refractivity contribution in [1.82, 2.24) is 10.6 Å². The van der Waals surface area contributed by atoms with Gasteiger partial charge in [-0.3, -0.25) is 14.9 Å². The van der Waals surface area contributed by atoms with Gasteiger partial charge in [0.05, 0.1) is 5.69 Å². The molecule has 2 N–H and O–H groups in total. The van der Waals surface area contributed by atoms with Gasteiger partial charge in [-0.25, -0.2) is 14.1 Å². The van der Waals surface area contributed by atoms with Gasteiger partial charge < -0.3 is 5.32 Å². The summed E-state index contributed by atoms with van der Waals surface area (Å²) in [5, 5.41) is 3.31. The van der Waals surface area contributed by atoms with E-state index in [1.54, 1.807) is 10.6 Å². The lowest BCUT2D eigenvalue weighted by molar-refractivity contribution is -0.202. The summed E-state index contributed by atoms with van der Waals surface area (Å²) in [4.78, 5) is 37.3. The Balaban J connectivity index is 1.92. The highest BCUT2D eigenvalue weighted by molar-refractivity contribution is 6.24. The SMILES string of the molecule is O=C(N[C@@]1(C(F)(F)F)NC(=O)N(c2ccc(F)cc2)C1=O)C1CCCCC1. The van der Waals surface area contributed by atoms with Crippen LogP contribution >= 0.6 is 0 Å². The average molecular weight is 387 g/mol. The monoisotopic (exact) mass is 387 g/mol. The third-order valence-corrected chi connectivity index (χ3v) is 4.82. The number of carbonyl (C=O) groups is 3. The molecule has 0 unspecified atom stereocenters. The average Bonchev–Trinajstić information content (AvgIpc) is 2.87. The van der Waals surface area contributed by atoms with Crippen LogP contribution in [0.15, 0.2) is 24.3 Å². The molecule has 146 valence electrons. The summed E-state index contributed by atoms with van der Waals surface area (Å²) in [6.07, 6.45) is -2.12. The molecule has 2 aliphatic rings. The molecule has 0 bridgehead atoms. The zero-order valence-electron chi connectivity index (χ0n) is 14.1. The van der Waals surface area contributed by atoms with Crippen LogP contribution in [0.25, 0.3) is 0 Å². The maximum Gasteiger partial charge on any atom is 0.440 e. The molecule has 0 spiro atoms. The number of hydrogen-bond donors (Lipinski definition) is 2. The highest BCUT2D eigenvalue weighted by Crippen LogP contribution is 2.36. The highest BCUT2D eigenvalue weighted by atomic mass is 19.4. The van der Waals surface area contributed by atoms with Crippen molar-refractivity contribution in [2.75, 3.05) is 4.90 Å². The van der Waals surface area contributed by atoms with Gasteiger partial charge in [-0.2, -0.15) is 13.2 Å². The highest BCUT2D eigenvalue weighted by Gasteiger charge is 2.69. The van der Waals surface area contributed by atoms with Crippen LogP contribution in [-0.4, -0.2) is 29.7 Å². The van der Waals surface area contributed by atoms with E-state index in [1.807, 2.05) is 0 Å². The quantitative estimate of drug-likeness (QED) is 0.619. The minimum Gasteiger partial charge on any atom is -0.318 e. The number of urea groups is 1. The first-order valence-electron chi connectivity index (χ1n) is 8.47. The Morgan fingerprint density at radius 1 is 1.11 bits per heavy atom. The molecule has 1 atom stereocenters. The molecule has 0 radical (unpaired) electrons. The van der Waals surface area contributed by atoms with Crippen LogP contribution in [0.5, 0.6) is 0 Å². The van der Waals surface area contributed by atoms with E-state index in [2.05, 4.69) is 0 Å². The number of hydrogen-bond acceptors (Lipinski definition) is 3. The van der Waals surface area contributed by atoms with Gasteiger partial charge in [0.2, 0.25) is 5.91 Å². The van der Waals surface area contributed by atoms with Crippen LogP contribution in [0.1, 0.15) is 32.1 Å². The van der Waals surface area contributed by atoms with Crippen LogP contribution in [0.3, 0.4) is 0 Å². The van der Waals surface area contributed by atoms with E-state index in [9.17, 15) is 31.9 Å². The third-order valence-electron chi connectivity index (χ3n) is 4.82. The molecule has 4 amide bonds. The fourth-order valence-corrected chi connectivity index (χ4v) is 3.35. The molecule has 1 aromatic carbocycles. The smallest absolute Gasteiger partial charge is 0.318 e. The summed E-state index contributed by atoms with van der Waals surface area (Å²) in [5.74, 6) is -3.95. The number of benzene rings is 1. The van der Waals surface area contributed by atoms with E-state index in [0.717, 1.165) is 30.7 Å². The van der Waals surface area contributed by atoms with Crippen molar-refractivity contribution in [2.24, 2.45) is 5.92 Å². The van der Waals surface area contributed by atoms with Crippen molar-refractivity contribution in [3.05, 3.63) is 30.1 Å². The minimum atomic E-state index is -5.27. The maximum absolute atomic E-state index is 13.8. The zero-order chi connectivity index (χ0) is 19.8. The molecule has 1 aromatic rings. The van der Waals surface area contributed by atoms with Crippen LogP contribution in [0, 0.1) is 11.7 Å². The molecule has 1 saturated carbocycles. The molecule has 6 nitrogen and oxygen atoms in total. The van der Waals surface area contributed by atoms with E-state index in [0.29, 0.717) is 25.7 Å². The number of imide groups is 1. The Hall–Kier alpha value is -2.65. The summed E-state index contributed by atoms with van der Waals surface area (Å²) in [5.41, 5.74) is -3.79. The Labute approximate surface area is 151 Å². The van der Waals surface area contributed by atoms with Gasteiger partial charge >= 0.3 is 12.2 Å². The predicted molar refractivity (Wildman–Crippen MR) is 85.9 cm³/mol. The molecule has 3 rings (SSSR count). The molecular formula is C17H17F4N3O3. The number of nitrogens with one attached hydrogen (secondary N) is 2. The zero-order valence-corrected chi connectivity index (χ0v) is 14.1. The summed E-state index contributed by atoms with van der Waals surface area (Å²) >= 11 is 0. The molecule has 27 heavy (non-hydrogen) atoms. The van der Waals surface area contributed by atoms with Crippen LogP contribution in [-0.2, 0) is 9.59 Å². The fourth-order valence-electron chi connectivity index (χ4n) is 3.35. The lowest BCUT2D eigenvalue weighted by Gasteiger charge is -2.32. The fraction of sp³-hybridized carbons (Fsp3) is 0.471. The van der Waals surface area contributed by atoms with Crippen molar-refractivity contribution >= 4 is 23.5 Å². The van der Waals surface area contributed by atoms with Gasteiger partial charge in [0.25, 0.3) is 11.6 Å². The molecule has 0 aromatic heterocycles. The standard InChI is InChI=1S/C17H17F4N3O3/c18-11-6-8-12(9-7-11)24-14(26)16(17(19,20)21,23-15(24)27)22-13(25)10-4-2-1-3-5-10/h6-10H,1-5H2,(H,22,25)(H,23,27)/t16-/m1/s1. The van der Waals surface area contributed by atoms with Crippen LogP contribution < -0.4 is 15.5 Å². The van der Waals surface area contributed by atoms with Gasteiger partial charge in [-0.1, -0.05) is 19.3 Å². The number of anilines is 1. The first-order valence-corrected chi connectivity index (χ1v) is 8.47. The Bertz CT molecular complexity index is 760. The summed E-state index contributed by atoms with van der Waals surface area (Å²) < 4.78 is 54.4. The van der Waals surface area contributed by atoms with Gasteiger partial charge in [-0.05, 0) is 37.1 Å². The number of amides is 4. The van der Waals surface area contributed by atoms with Gasteiger partial charge in [0.1, 0.15) is 5.82 Å². The molecule has 2 fully saturated rings. The van der Waals surface area contributed by atoms with Crippen LogP contribution in [0.4, 0.5) is 28.0 Å². The minimum absolute atomic E-state index is 0.239. The number of rotatable bonds is 3. The van der Waals surface area contributed by atoms with Crippen LogP contribution in [0.2, 0.25) is 0 Å². The molecule has 1 aliphatic carbocycles. The van der Waals surface area contributed by atoms with Gasteiger partial charge in [0.15, 0.2) is 0 Å². The van der Waals surface area contributed by atoms with E-state index < -0.39 is 41.4 Å². The first kappa shape index (κ1) is 19.1. The lowest BCUT2D eigenvalue weighted by Crippen LogP contribution is -2.70. The molecular weight excluding hydrogens is 370 g/mol.